The molecule has 0 N–H and O–H groups in total. The molecule has 142 valence electrons. The van der Waals surface area contributed by atoms with Crippen molar-refractivity contribution in [2.45, 2.75) is 13.5 Å². The van der Waals surface area contributed by atoms with Crippen molar-refractivity contribution in [3.05, 3.63) is 63.1 Å². The van der Waals surface area contributed by atoms with Gasteiger partial charge in [0.2, 0.25) is 0 Å². The summed E-state index contributed by atoms with van der Waals surface area (Å²) in [6.07, 6.45) is 1.43. The van der Waals surface area contributed by atoms with Crippen LogP contribution >= 0.6 is 15.9 Å². The fourth-order valence-electron chi connectivity index (χ4n) is 2.31. The first kappa shape index (κ1) is 21.0. The second-order valence-electron chi connectivity index (χ2n) is 5.52. The van der Waals surface area contributed by atoms with Gasteiger partial charge in [0.15, 0.2) is 11.5 Å². The third-order valence-corrected chi connectivity index (χ3v) is 4.23. The van der Waals surface area contributed by atoms with Crippen LogP contribution in [-0.4, -0.2) is 19.7 Å². The number of hydrogen-bond donors (Lipinski definition) is 0. The van der Waals surface area contributed by atoms with Crippen LogP contribution in [-0.2, 0) is 16.1 Å². The molecule has 0 heterocycles. The van der Waals surface area contributed by atoms with Crippen LogP contribution in [0.15, 0.2) is 46.4 Å². The lowest BCUT2D eigenvalue weighted by atomic mass is 10.1. The van der Waals surface area contributed by atoms with Crippen LogP contribution in [0.5, 0.6) is 11.5 Å². The van der Waals surface area contributed by atoms with Gasteiger partial charge in [0.25, 0.3) is 0 Å². The van der Waals surface area contributed by atoms with Gasteiger partial charge in [-0.2, -0.15) is 10.5 Å². The van der Waals surface area contributed by atoms with Crippen LogP contribution < -0.4 is 9.47 Å². The van der Waals surface area contributed by atoms with Crippen LogP contribution in [0.3, 0.4) is 0 Å². The standard InChI is InChI=1S/C21H17BrN2O4/c1-3-27-21(25)17(12-24)8-16-9-18(22)20(19(10-16)26-2)28-13-15-6-4-14(11-23)5-7-15/h4-10H,3,13H2,1-2H3. The molecule has 0 amide bonds. The fraction of sp³-hybridized carbons (Fsp3) is 0.190. The summed E-state index contributed by atoms with van der Waals surface area (Å²) in [7, 11) is 1.50. The number of carbonyl (C=O) groups is 1. The molecule has 0 saturated carbocycles. The van der Waals surface area contributed by atoms with Crippen LogP contribution in [0.2, 0.25) is 0 Å². The molecule has 2 aromatic carbocycles. The molecule has 6 nitrogen and oxygen atoms in total. The number of ether oxygens (including phenoxy) is 3. The molecular weight excluding hydrogens is 424 g/mol. The number of benzene rings is 2. The van der Waals surface area contributed by atoms with Crippen LogP contribution in [0, 0.1) is 22.7 Å². The molecule has 0 aliphatic heterocycles. The zero-order valence-corrected chi connectivity index (χ0v) is 16.9. The Morgan fingerprint density at radius 2 is 1.93 bits per heavy atom. The summed E-state index contributed by atoms with van der Waals surface area (Å²) < 4.78 is 16.7. The second kappa shape index (κ2) is 10.1. The highest BCUT2D eigenvalue weighted by atomic mass is 79.9. The zero-order chi connectivity index (χ0) is 20.5. The Morgan fingerprint density at radius 1 is 1.21 bits per heavy atom. The summed E-state index contributed by atoms with van der Waals surface area (Å²) in [6.45, 7) is 2.14. The molecule has 0 fully saturated rings. The average molecular weight is 441 g/mol. The molecule has 0 aliphatic rings. The van der Waals surface area contributed by atoms with E-state index in [0.717, 1.165) is 5.56 Å². The van der Waals surface area contributed by atoms with E-state index >= 15 is 0 Å². The highest BCUT2D eigenvalue weighted by Crippen LogP contribution is 2.37. The van der Waals surface area contributed by atoms with E-state index in [-0.39, 0.29) is 18.8 Å². The number of rotatable bonds is 7. The van der Waals surface area contributed by atoms with Crippen LogP contribution in [0.1, 0.15) is 23.6 Å². The lowest BCUT2D eigenvalue weighted by Gasteiger charge is -2.14. The molecule has 0 atom stereocenters. The minimum atomic E-state index is -0.679. The summed E-state index contributed by atoms with van der Waals surface area (Å²) in [4.78, 5) is 11.8. The Labute approximate surface area is 171 Å². The monoisotopic (exact) mass is 440 g/mol. The number of methoxy groups -OCH3 is 1. The van der Waals surface area contributed by atoms with Crippen molar-refractivity contribution in [3.63, 3.8) is 0 Å². The van der Waals surface area contributed by atoms with Gasteiger partial charge in [-0.15, -0.1) is 0 Å². The predicted octanol–water partition coefficient (Wildman–Crippen LogP) is 4.38. The van der Waals surface area contributed by atoms with E-state index < -0.39 is 5.97 Å². The van der Waals surface area contributed by atoms with E-state index in [9.17, 15) is 10.1 Å². The molecule has 7 heteroatoms. The van der Waals surface area contributed by atoms with E-state index in [1.807, 2.05) is 18.2 Å². The maximum atomic E-state index is 11.8. The Kier molecular flexibility index (Phi) is 7.62. The van der Waals surface area contributed by atoms with Crippen molar-refractivity contribution in [2.24, 2.45) is 0 Å². The van der Waals surface area contributed by atoms with Gasteiger partial charge in [-0.3, -0.25) is 0 Å². The van der Waals surface area contributed by atoms with Crippen molar-refractivity contribution >= 4 is 28.0 Å². The van der Waals surface area contributed by atoms with Crippen molar-refractivity contribution in [2.75, 3.05) is 13.7 Å². The summed E-state index contributed by atoms with van der Waals surface area (Å²) in [5, 5.41) is 18.0. The zero-order valence-electron chi connectivity index (χ0n) is 15.4. The molecule has 0 aromatic heterocycles. The van der Waals surface area contributed by atoms with E-state index in [0.29, 0.717) is 27.1 Å². The van der Waals surface area contributed by atoms with Crippen LogP contribution in [0.25, 0.3) is 6.08 Å². The first-order valence-electron chi connectivity index (χ1n) is 8.30. The average Bonchev–Trinajstić information content (AvgIpc) is 2.71. The first-order chi connectivity index (χ1) is 13.5. The summed E-state index contributed by atoms with van der Waals surface area (Å²) in [5.41, 5.74) is 1.95. The van der Waals surface area contributed by atoms with Crippen molar-refractivity contribution in [1.29, 1.82) is 10.5 Å². The minimum Gasteiger partial charge on any atom is -0.493 e. The Balaban J connectivity index is 2.26. The van der Waals surface area contributed by atoms with Gasteiger partial charge in [0, 0.05) is 0 Å². The number of carbonyl (C=O) groups excluding carboxylic acids is 1. The fourth-order valence-corrected chi connectivity index (χ4v) is 2.88. The van der Waals surface area contributed by atoms with Gasteiger partial charge >= 0.3 is 5.97 Å². The third kappa shape index (κ3) is 5.35. The van der Waals surface area contributed by atoms with Gasteiger partial charge in [-0.1, -0.05) is 12.1 Å². The molecule has 0 spiro atoms. The number of nitriles is 2. The molecule has 2 aromatic rings. The largest absolute Gasteiger partial charge is 0.493 e. The quantitative estimate of drug-likeness (QED) is 0.360. The second-order valence-corrected chi connectivity index (χ2v) is 6.38. The Hall–Kier alpha value is -3.29. The van der Waals surface area contributed by atoms with Crippen molar-refractivity contribution in [3.8, 4) is 23.6 Å². The van der Waals surface area contributed by atoms with Gasteiger partial charge in [-0.05, 0) is 64.3 Å². The minimum absolute atomic E-state index is 0.109. The van der Waals surface area contributed by atoms with Gasteiger partial charge in [0.05, 0.1) is 29.8 Å². The third-order valence-electron chi connectivity index (χ3n) is 3.64. The lowest BCUT2D eigenvalue weighted by Crippen LogP contribution is -2.06. The molecule has 0 saturated heterocycles. The number of halogens is 1. The molecule has 0 bridgehead atoms. The molecule has 0 unspecified atom stereocenters. The van der Waals surface area contributed by atoms with E-state index in [4.69, 9.17) is 19.5 Å². The molecule has 0 aliphatic carbocycles. The van der Waals surface area contributed by atoms with E-state index in [1.165, 1.54) is 13.2 Å². The maximum Gasteiger partial charge on any atom is 0.348 e. The van der Waals surface area contributed by atoms with Gasteiger partial charge < -0.3 is 14.2 Å². The lowest BCUT2D eigenvalue weighted by molar-refractivity contribution is -0.137. The maximum absolute atomic E-state index is 11.8. The highest BCUT2D eigenvalue weighted by molar-refractivity contribution is 9.10. The van der Waals surface area contributed by atoms with E-state index in [2.05, 4.69) is 22.0 Å². The number of esters is 1. The number of hydrogen-bond acceptors (Lipinski definition) is 6. The number of nitrogens with zero attached hydrogens (tertiary/aromatic N) is 2. The Morgan fingerprint density at radius 3 is 2.50 bits per heavy atom. The summed E-state index contributed by atoms with van der Waals surface area (Å²) in [6, 6.07) is 14.4. The van der Waals surface area contributed by atoms with Gasteiger partial charge in [0.1, 0.15) is 18.2 Å². The van der Waals surface area contributed by atoms with Gasteiger partial charge in [-0.25, -0.2) is 4.79 Å². The normalized spacial score (nSPS) is 10.5. The molecular formula is C21H17BrN2O4. The molecule has 0 radical (unpaired) electrons. The van der Waals surface area contributed by atoms with Crippen LogP contribution in [0.4, 0.5) is 0 Å². The Bertz CT molecular complexity index is 970. The molecule has 28 heavy (non-hydrogen) atoms. The SMILES string of the molecule is CCOC(=O)C(C#N)=Cc1cc(Br)c(OCc2ccc(C#N)cc2)c(OC)c1. The highest BCUT2D eigenvalue weighted by Gasteiger charge is 2.14. The smallest absolute Gasteiger partial charge is 0.348 e. The summed E-state index contributed by atoms with van der Waals surface area (Å²) in [5.74, 6) is 0.246. The predicted molar refractivity (Wildman–Crippen MR) is 106 cm³/mol. The first-order valence-corrected chi connectivity index (χ1v) is 9.10. The van der Waals surface area contributed by atoms with Crippen molar-refractivity contribution < 1.29 is 19.0 Å². The topological polar surface area (TPSA) is 92.3 Å². The molecule has 2 rings (SSSR count). The van der Waals surface area contributed by atoms with E-state index in [1.54, 1.807) is 31.2 Å². The summed E-state index contributed by atoms with van der Waals surface area (Å²) >= 11 is 3.44. The van der Waals surface area contributed by atoms with Crippen molar-refractivity contribution in [1.82, 2.24) is 0 Å².